The second-order valence-corrected chi connectivity index (χ2v) is 4.61. The van der Waals surface area contributed by atoms with Gasteiger partial charge in [-0.05, 0) is 25.3 Å². The number of ether oxygens (including phenoxy) is 1. The molecule has 2 heteroatoms. The lowest BCUT2D eigenvalue weighted by molar-refractivity contribution is 0.131. The van der Waals surface area contributed by atoms with Crippen LogP contribution >= 0.6 is 0 Å². The quantitative estimate of drug-likeness (QED) is 0.534. The van der Waals surface area contributed by atoms with Gasteiger partial charge in [-0.3, -0.25) is 0 Å². The van der Waals surface area contributed by atoms with Crippen LogP contribution in [0.15, 0.2) is 0 Å². The topological polar surface area (TPSA) is 21.3 Å². The molecule has 0 bridgehead atoms. The third-order valence-corrected chi connectivity index (χ3v) is 2.46. The van der Waals surface area contributed by atoms with Crippen LogP contribution in [0.4, 0.5) is 0 Å². The summed E-state index contributed by atoms with van der Waals surface area (Å²) < 4.78 is 5.52. The highest BCUT2D eigenvalue weighted by atomic mass is 16.5. The van der Waals surface area contributed by atoms with Gasteiger partial charge in [0.25, 0.3) is 0 Å². The van der Waals surface area contributed by atoms with Crippen LogP contribution in [0.3, 0.4) is 0 Å². The van der Waals surface area contributed by atoms with Gasteiger partial charge in [0.05, 0.1) is 6.61 Å². The van der Waals surface area contributed by atoms with Crippen molar-refractivity contribution in [2.24, 2.45) is 5.92 Å². The zero-order valence-electron chi connectivity index (χ0n) is 10.8. The van der Waals surface area contributed by atoms with E-state index >= 15 is 0 Å². The molecule has 2 nitrogen and oxygen atoms in total. The molecule has 0 aliphatic rings. The Balaban J connectivity index is 2.87. The summed E-state index contributed by atoms with van der Waals surface area (Å²) in [6, 6.07) is 0. The lowest BCUT2D eigenvalue weighted by Crippen LogP contribution is -2.22. The second kappa shape index (κ2) is 12.0. The number of nitrogens with one attached hydrogen (secondary N) is 1. The van der Waals surface area contributed by atoms with Gasteiger partial charge in [-0.1, -0.05) is 40.0 Å². The van der Waals surface area contributed by atoms with Gasteiger partial charge in [0.2, 0.25) is 0 Å². The van der Waals surface area contributed by atoms with Gasteiger partial charge in [-0.15, -0.1) is 0 Å². The Kier molecular flexibility index (Phi) is 11.9. The van der Waals surface area contributed by atoms with Crippen molar-refractivity contribution in [1.29, 1.82) is 0 Å². The maximum atomic E-state index is 5.52. The molecule has 0 amide bonds. The summed E-state index contributed by atoms with van der Waals surface area (Å²) in [5.74, 6) is 0.799. The molecule has 92 valence electrons. The fraction of sp³-hybridized carbons (Fsp3) is 1.00. The van der Waals surface area contributed by atoms with Crippen LogP contribution in [-0.4, -0.2) is 26.3 Å². The van der Waals surface area contributed by atoms with E-state index in [0.29, 0.717) is 0 Å². The molecule has 0 saturated heterocycles. The number of hydrogen-bond donors (Lipinski definition) is 1. The predicted octanol–water partition coefficient (Wildman–Crippen LogP) is 3.22. The van der Waals surface area contributed by atoms with E-state index in [1.54, 1.807) is 0 Å². The Morgan fingerprint density at radius 1 is 1.00 bits per heavy atom. The molecular weight excluding hydrogens is 186 g/mol. The largest absolute Gasteiger partial charge is 0.380 e. The smallest absolute Gasteiger partial charge is 0.0590 e. The van der Waals surface area contributed by atoms with Gasteiger partial charge < -0.3 is 10.1 Å². The third-order valence-electron chi connectivity index (χ3n) is 2.46. The molecule has 0 rings (SSSR count). The second-order valence-electron chi connectivity index (χ2n) is 4.61. The van der Waals surface area contributed by atoms with Crippen LogP contribution in [-0.2, 0) is 4.74 Å². The predicted molar refractivity (Wildman–Crippen MR) is 67.3 cm³/mol. The lowest BCUT2D eigenvalue weighted by atomic mass is 10.1. The Morgan fingerprint density at radius 3 is 2.47 bits per heavy atom. The average molecular weight is 215 g/mol. The highest BCUT2D eigenvalue weighted by molar-refractivity contribution is 4.50. The van der Waals surface area contributed by atoms with Gasteiger partial charge in [-0.2, -0.15) is 0 Å². The Morgan fingerprint density at radius 2 is 1.80 bits per heavy atom. The summed E-state index contributed by atoms with van der Waals surface area (Å²) in [6.07, 6.45) is 6.44. The van der Waals surface area contributed by atoms with E-state index < -0.39 is 0 Å². The van der Waals surface area contributed by atoms with Crippen molar-refractivity contribution >= 4 is 0 Å². The molecule has 0 atom stereocenters. The summed E-state index contributed by atoms with van der Waals surface area (Å²) in [5.41, 5.74) is 0. The highest BCUT2D eigenvalue weighted by Crippen LogP contribution is 1.98. The van der Waals surface area contributed by atoms with E-state index in [-0.39, 0.29) is 0 Å². The van der Waals surface area contributed by atoms with Crippen LogP contribution in [0.1, 0.15) is 52.9 Å². The van der Waals surface area contributed by atoms with E-state index in [4.69, 9.17) is 4.74 Å². The van der Waals surface area contributed by atoms with Crippen LogP contribution in [0.2, 0.25) is 0 Å². The molecule has 0 spiro atoms. The van der Waals surface area contributed by atoms with Gasteiger partial charge in [-0.25, -0.2) is 0 Å². The minimum Gasteiger partial charge on any atom is -0.380 e. The molecule has 15 heavy (non-hydrogen) atoms. The van der Waals surface area contributed by atoms with E-state index in [1.165, 1.54) is 32.1 Å². The van der Waals surface area contributed by atoms with E-state index in [2.05, 4.69) is 26.1 Å². The SMILES string of the molecule is CCCCCCOCCNCCC(C)C. The molecule has 0 aromatic rings. The van der Waals surface area contributed by atoms with Crippen LogP contribution < -0.4 is 5.32 Å². The average Bonchev–Trinajstić information content (AvgIpc) is 2.20. The molecule has 0 unspecified atom stereocenters. The number of unbranched alkanes of at least 4 members (excludes halogenated alkanes) is 3. The fourth-order valence-corrected chi connectivity index (χ4v) is 1.39. The van der Waals surface area contributed by atoms with E-state index in [0.717, 1.165) is 32.2 Å². The molecule has 0 aromatic heterocycles. The standard InChI is InChI=1S/C13H29NO/c1-4-5-6-7-11-15-12-10-14-9-8-13(2)3/h13-14H,4-12H2,1-3H3. The number of rotatable bonds is 11. The van der Waals surface area contributed by atoms with Crippen molar-refractivity contribution in [1.82, 2.24) is 5.32 Å². The van der Waals surface area contributed by atoms with Crippen molar-refractivity contribution < 1.29 is 4.74 Å². The van der Waals surface area contributed by atoms with E-state index in [1.807, 2.05) is 0 Å². The van der Waals surface area contributed by atoms with E-state index in [9.17, 15) is 0 Å². The molecule has 0 aliphatic carbocycles. The molecule has 0 heterocycles. The van der Waals surface area contributed by atoms with Crippen molar-refractivity contribution in [3.05, 3.63) is 0 Å². The van der Waals surface area contributed by atoms with Crippen molar-refractivity contribution in [2.45, 2.75) is 52.9 Å². The first-order valence-corrected chi connectivity index (χ1v) is 6.55. The normalized spacial score (nSPS) is 11.2. The van der Waals surface area contributed by atoms with Gasteiger partial charge >= 0.3 is 0 Å². The van der Waals surface area contributed by atoms with Crippen LogP contribution in [0, 0.1) is 5.92 Å². The van der Waals surface area contributed by atoms with Crippen molar-refractivity contribution in [3.8, 4) is 0 Å². The van der Waals surface area contributed by atoms with Crippen LogP contribution in [0.5, 0.6) is 0 Å². The van der Waals surface area contributed by atoms with Gasteiger partial charge in [0.15, 0.2) is 0 Å². The monoisotopic (exact) mass is 215 g/mol. The third kappa shape index (κ3) is 13.9. The van der Waals surface area contributed by atoms with Crippen molar-refractivity contribution in [3.63, 3.8) is 0 Å². The maximum absolute atomic E-state index is 5.52. The molecule has 0 radical (unpaired) electrons. The Labute approximate surface area is 95.8 Å². The first-order chi connectivity index (χ1) is 7.27. The molecule has 0 saturated carbocycles. The summed E-state index contributed by atoms with van der Waals surface area (Å²) in [5, 5.41) is 3.39. The lowest BCUT2D eigenvalue weighted by Gasteiger charge is -2.07. The Bertz CT molecular complexity index is 115. The number of hydrogen-bond acceptors (Lipinski definition) is 2. The minimum absolute atomic E-state index is 0.799. The zero-order valence-corrected chi connectivity index (χ0v) is 10.8. The first kappa shape index (κ1) is 14.9. The summed E-state index contributed by atoms with van der Waals surface area (Å²) in [7, 11) is 0. The molecule has 1 N–H and O–H groups in total. The van der Waals surface area contributed by atoms with Gasteiger partial charge in [0.1, 0.15) is 0 Å². The molecule has 0 aromatic carbocycles. The molecule has 0 fully saturated rings. The minimum atomic E-state index is 0.799. The first-order valence-electron chi connectivity index (χ1n) is 6.55. The fourth-order valence-electron chi connectivity index (χ4n) is 1.39. The highest BCUT2D eigenvalue weighted by Gasteiger charge is 1.93. The molecule has 0 aliphatic heterocycles. The Hall–Kier alpha value is -0.0800. The summed E-state index contributed by atoms with van der Waals surface area (Å²) in [6.45, 7) is 10.7. The summed E-state index contributed by atoms with van der Waals surface area (Å²) in [4.78, 5) is 0. The van der Waals surface area contributed by atoms with Crippen LogP contribution in [0.25, 0.3) is 0 Å². The summed E-state index contributed by atoms with van der Waals surface area (Å²) >= 11 is 0. The van der Waals surface area contributed by atoms with Gasteiger partial charge in [0, 0.05) is 13.2 Å². The maximum Gasteiger partial charge on any atom is 0.0590 e. The molecular formula is C13H29NO. The zero-order chi connectivity index (χ0) is 11.4. The van der Waals surface area contributed by atoms with Crippen molar-refractivity contribution in [2.75, 3.05) is 26.3 Å².